The molecule has 22 heavy (non-hydrogen) atoms. The van der Waals surface area contributed by atoms with Crippen LogP contribution in [0.3, 0.4) is 0 Å². The number of benzene rings is 1. The van der Waals surface area contributed by atoms with E-state index in [0.717, 1.165) is 24.9 Å². The number of carbonyl (C=O) groups is 1. The van der Waals surface area contributed by atoms with Gasteiger partial charge in [-0.1, -0.05) is 24.3 Å². The van der Waals surface area contributed by atoms with Crippen molar-refractivity contribution in [1.29, 1.82) is 0 Å². The van der Waals surface area contributed by atoms with Gasteiger partial charge in [-0.3, -0.25) is 4.79 Å². The lowest BCUT2D eigenvalue weighted by Crippen LogP contribution is -2.26. The molecule has 0 unspecified atom stereocenters. The molecule has 0 fully saturated rings. The lowest BCUT2D eigenvalue weighted by atomic mass is 10.1. The summed E-state index contributed by atoms with van der Waals surface area (Å²) in [5.41, 5.74) is 2.27. The van der Waals surface area contributed by atoms with Gasteiger partial charge in [-0.2, -0.15) is 0 Å². The van der Waals surface area contributed by atoms with Crippen LogP contribution >= 0.6 is 0 Å². The zero-order valence-corrected chi connectivity index (χ0v) is 12.4. The number of amides is 1. The third kappa shape index (κ3) is 3.75. The molecular formula is C17H19N3O2. The molecule has 2 heterocycles. The van der Waals surface area contributed by atoms with E-state index in [9.17, 15) is 4.79 Å². The largest absolute Gasteiger partial charge is 0.488 e. The lowest BCUT2D eigenvalue weighted by molar-refractivity contribution is -0.121. The zero-order chi connectivity index (χ0) is 15.2. The van der Waals surface area contributed by atoms with Gasteiger partial charge in [0.2, 0.25) is 0 Å². The van der Waals surface area contributed by atoms with Crippen molar-refractivity contribution < 1.29 is 9.53 Å². The van der Waals surface area contributed by atoms with E-state index in [1.165, 1.54) is 5.56 Å². The predicted octanol–water partition coefficient (Wildman–Crippen LogP) is 2.24. The summed E-state index contributed by atoms with van der Waals surface area (Å²) >= 11 is 0. The van der Waals surface area contributed by atoms with Crippen LogP contribution in [0, 0.1) is 0 Å². The van der Waals surface area contributed by atoms with Crippen LogP contribution in [0.2, 0.25) is 0 Å². The fourth-order valence-corrected chi connectivity index (χ4v) is 2.34. The maximum absolute atomic E-state index is 11.9. The molecule has 1 aliphatic heterocycles. The number of hydrogen-bond acceptors (Lipinski definition) is 3. The molecule has 0 saturated heterocycles. The first-order valence-electron chi connectivity index (χ1n) is 7.46. The summed E-state index contributed by atoms with van der Waals surface area (Å²) in [7, 11) is 0. The Bertz CT molecular complexity index is 645. The first-order valence-corrected chi connectivity index (χ1v) is 7.46. The molecule has 1 amide bonds. The van der Waals surface area contributed by atoms with Gasteiger partial charge in [0.1, 0.15) is 0 Å². The Balaban J connectivity index is 1.52. The van der Waals surface area contributed by atoms with Gasteiger partial charge in [-0.15, -0.1) is 0 Å². The van der Waals surface area contributed by atoms with E-state index in [0.29, 0.717) is 18.9 Å². The van der Waals surface area contributed by atoms with Gasteiger partial charge in [0.05, 0.1) is 12.9 Å². The van der Waals surface area contributed by atoms with Crippen molar-refractivity contribution in [2.75, 3.05) is 6.61 Å². The Morgan fingerprint density at radius 2 is 2.09 bits per heavy atom. The summed E-state index contributed by atoms with van der Waals surface area (Å²) in [5.74, 6) is 0.310. The van der Waals surface area contributed by atoms with Crippen LogP contribution in [0.4, 0.5) is 0 Å². The fraction of sp³-hybridized carbons (Fsp3) is 0.294. The highest BCUT2D eigenvalue weighted by molar-refractivity contribution is 5.91. The number of hydrogen-bond donors (Lipinski definition) is 1. The van der Waals surface area contributed by atoms with E-state index in [2.05, 4.69) is 22.4 Å². The van der Waals surface area contributed by atoms with Crippen molar-refractivity contribution in [3.8, 4) is 0 Å². The van der Waals surface area contributed by atoms with Crippen molar-refractivity contribution in [3.05, 3.63) is 65.9 Å². The monoisotopic (exact) mass is 297 g/mol. The summed E-state index contributed by atoms with van der Waals surface area (Å²) in [6, 6.07) is 8.20. The number of nitrogens with one attached hydrogen (secondary N) is 1. The van der Waals surface area contributed by atoms with E-state index in [4.69, 9.17) is 4.74 Å². The number of allylic oxidation sites excluding steroid dienone is 1. The van der Waals surface area contributed by atoms with Gasteiger partial charge < -0.3 is 14.6 Å². The van der Waals surface area contributed by atoms with Gasteiger partial charge >= 0.3 is 0 Å². The molecular weight excluding hydrogens is 278 g/mol. The summed E-state index contributed by atoms with van der Waals surface area (Å²) in [6.07, 6.45) is 9.25. The third-order valence-corrected chi connectivity index (χ3v) is 3.56. The van der Waals surface area contributed by atoms with Crippen molar-refractivity contribution in [1.82, 2.24) is 14.9 Å². The van der Waals surface area contributed by atoms with Crippen molar-refractivity contribution in [2.24, 2.45) is 0 Å². The quantitative estimate of drug-likeness (QED) is 0.921. The minimum atomic E-state index is -0.137. The van der Waals surface area contributed by atoms with Crippen LogP contribution < -0.4 is 5.32 Å². The maximum Gasteiger partial charge on any atom is 0.286 e. The number of aromatic nitrogens is 2. The average molecular weight is 297 g/mol. The van der Waals surface area contributed by atoms with Gasteiger partial charge in [-0.25, -0.2) is 4.98 Å². The summed E-state index contributed by atoms with van der Waals surface area (Å²) < 4.78 is 7.36. The topological polar surface area (TPSA) is 56.2 Å². The molecule has 1 aromatic heterocycles. The fourth-order valence-electron chi connectivity index (χ4n) is 2.34. The number of imidazole rings is 1. The van der Waals surface area contributed by atoms with Crippen LogP contribution in [-0.2, 0) is 22.6 Å². The van der Waals surface area contributed by atoms with Gasteiger partial charge in [0.25, 0.3) is 5.91 Å². The Kier molecular flexibility index (Phi) is 4.53. The van der Waals surface area contributed by atoms with E-state index in [1.54, 1.807) is 12.5 Å². The summed E-state index contributed by atoms with van der Waals surface area (Å²) in [5, 5.41) is 2.89. The molecule has 0 aliphatic carbocycles. The molecule has 0 saturated carbocycles. The van der Waals surface area contributed by atoms with Gasteiger partial charge in [0, 0.05) is 25.5 Å². The standard InChI is InChI=1S/C17H19N3O2/c21-17(16-3-1-2-10-22-16)19-11-14-4-6-15(7-5-14)12-20-9-8-18-13-20/h3-9,13H,1-2,10-12H2,(H,19,21). The Hall–Kier alpha value is -2.56. The molecule has 0 bridgehead atoms. The lowest BCUT2D eigenvalue weighted by Gasteiger charge is -2.14. The minimum Gasteiger partial charge on any atom is -0.488 e. The highest BCUT2D eigenvalue weighted by Crippen LogP contribution is 2.10. The Morgan fingerprint density at radius 3 is 2.77 bits per heavy atom. The van der Waals surface area contributed by atoms with Crippen molar-refractivity contribution in [3.63, 3.8) is 0 Å². The molecule has 1 N–H and O–H groups in total. The van der Waals surface area contributed by atoms with E-state index < -0.39 is 0 Å². The molecule has 3 rings (SSSR count). The normalized spacial score (nSPS) is 14.1. The number of rotatable bonds is 5. The first kappa shape index (κ1) is 14.4. The van der Waals surface area contributed by atoms with Gasteiger partial charge in [0.15, 0.2) is 5.76 Å². The molecule has 114 valence electrons. The van der Waals surface area contributed by atoms with E-state index in [1.807, 2.05) is 29.0 Å². The Morgan fingerprint density at radius 1 is 1.27 bits per heavy atom. The molecule has 0 atom stereocenters. The summed E-state index contributed by atoms with van der Waals surface area (Å²) in [4.78, 5) is 16.0. The average Bonchev–Trinajstić information content (AvgIpc) is 3.08. The molecule has 0 radical (unpaired) electrons. The SMILES string of the molecule is O=C(NCc1ccc(Cn2ccnc2)cc1)C1=CCCCO1. The van der Waals surface area contributed by atoms with Crippen molar-refractivity contribution in [2.45, 2.75) is 25.9 Å². The zero-order valence-electron chi connectivity index (χ0n) is 12.4. The van der Waals surface area contributed by atoms with Crippen LogP contribution in [-0.4, -0.2) is 22.1 Å². The number of nitrogens with zero attached hydrogens (tertiary/aromatic N) is 2. The van der Waals surface area contributed by atoms with E-state index >= 15 is 0 Å². The van der Waals surface area contributed by atoms with Crippen LogP contribution in [0.15, 0.2) is 54.8 Å². The second-order valence-corrected chi connectivity index (χ2v) is 5.29. The Labute approximate surface area is 129 Å². The third-order valence-electron chi connectivity index (χ3n) is 3.56. The van der Waals surface area contributed by atoms with E-state index in [-0.39, 0.29) is 5.91 Å². The van der Waals surface area contributed by atoms with Crippen LogP contribution in [0.25, 0.3) is 0 Å². The molecule has 1 aromatic carbocycles. The number of carbonyl (C=O) groups excluding carboxylic acids is 1. The second kappa shape index (κ2) is 6.93. The maximum atomic E-state index is 11.9. The molecule has 5 nitrogen and oxygen atoms in total. The minimum absolute atomic E-state index is 0.137. The smallest absolute Gasteiger partial charge is 0.286 e. The van der Waals surface area contributed by atoms with Crippen LogP contribution in [0.5, 0.6) is 0 Å². The molecule has 0 spiro atoms. The van der Waals surface area contributed by atoms with Crippen LogP contribution in [0.1, 0.15) is 24.0 Å². The highest BCUT2D eigenvalue weighted by Gasteiger charge is 2.13. The molecule has 1 aliphatic rings. The molecule has 5 heteroatoms. The first-order chi connectivity index (χ1) is 10.8. The summed E-state index contributed by atoms with van der Waals surface area (Å²) in [6.45, 7) is 1.93. The number of ether oxygens (including phenoxy) is 1. The van der Waals surface area contributed by atoms with Gasteiger partial charge in [-0.05, 0) is 30.0 Å². The molecule has 2 aromatic rings. The second-order valence-electron chi connectivity index (χ2n) is 5.29. The van der Waals surface area contributed by atoms with Crippen molar-refractivity contribution >= 4 is 5.91 Å². The highest BCUT2D eigenvalue weighted by atomic mass is 16.5. The predicted molar refractivity (Wildman–Crippen MR) is 82.9 cm³/mol.